The molecule has 2 aromatic carbocycles. The first-order valence-corrected chi connectivity index (χ1v) is 11.1. The SMILES string of the molecule is CC(C)Cn1nc(C(=O)NCc2ccccc2OC2CCCC2)c2ccccc2c1=O. The van der Waals surface area contributed by atoms with Gasteiger partial charge in [-0.05, 0) is 43.7 Å². The van der Waals surface area contributed by atoms with E-state index < -0.39 is 0 Å². The van der Waals surface area contributed by atoms with E-state index in [2.05, 4.69) is 10.4 Å². The van der Waals surface area contributed by atoms with Crippen LogP contribution in [0.1, 0.15) is 55.6 Å². The molecule has 0 atom stereocenters. The molecule has 31 heavy (non-hydrogen) atoms. The fourth-order valence-corrected chi connectivity index (χ4v) is 4.08. The highest BCUT2D eigenvalue weighted by Gasteiger charge is 2.20. The Labute approximate surface area is 182 Å². The molecule has 0 saturated heterocycles. The number of hydrogen-bond acceptors (Lipinski definition) is 4. The third-order valence-corrected chi connectivity index (χ3v) is 5.63. The molecule has 1 aliphatic carbocycles. The van der Waals surface area contributed by atoms with E-state index in [9.17, 15) is 9.59 Å². The summed E-state index contributed by atoms with van der Waals surface area (Å²) in [5.74, 6) is 0.753. The van der Waals surface area contributed by atoms with E-state index in [1.54, 1.807) is 12.1 Å². The summed E-state index contributed by atoms with van der Waals surface area (Å²) in [6.07, 6.45) is 4.81. The van der Waals surface area contributed by atoms with Crippen LogP contribution in [0.15, 0.2) is 53.3 Å². The molecule has 1 N–H and O–H groups in total. The maximum absolute atomic E-state index is 13.1. The zero-order chi connectivity index (χ0) is 21.8. The molecule has 1 aliphatic rings. The fraction of sp³-hybridized carbons (Fsp3) is 0.400. The molecular weight excluding hydrogens is 390 g/mol. The Bertz CT molecular complexity index is 1130. The van der Waals surface area contributed by atoms with E-state index in [-0.39, 0.29) is 29.2 Å². The third kappa shape index (κ3) is 4.79. The number of ether oxygens (including phenoxy) is 1. The number of nitrogens with zero attached hydrogens (tertiary/aromatic N) is 2. The fourth-order valence-electron chi connectivity index (χ4n) is 4.08. The van der Waals surface area contributed by atoms with Gasteiger partial charge in [-0.1, -0.05) is 50.2 Å². The molecular formula is C25H29N3O3. The minimum absolute atomic E-state index is 0.170. The molecule has 1 amide bonds. The smallest absolute Gasteiger partial charge is 0.274 e. The lowest BCUT2D eigenvalue weighted by Crippen LogP contribution is -2.31. The molecule has 4 rings (SSSR count). The van der Waals surface area contributed by atoms with Crippen molar-refractivity contribution in [1.82, 2.24) is 15.1 Å². The molecule has 0 bridgehead atoms. The molecule has 0 radical (unpaired) electrons. The van der Waals surface area contributed by atoms with E-state index >= 15 is 0 Å². The average molecular weight is 420 g/mol. The summed E-state index contributed by atoms with van der Waals surface area (Å²) in [6.45, 7) is 4.83. The van der Waals surface area contributed by atoms with Gasteiger partial charge in [0.1, 0.15) is 5.75 Å². The Morgan fingerprint density at radius 3 is 2.52 bits per heavy atom. The van der Waals surface area contributed by atoms with Crippen LogP contribution in [-0.4, -0.2) is 21.8 Å². The van der Waals surface area contributed by atoms with Gasteiger partial charge < -0.3 is 10.1 Å². The lowest BCUT2D eigenvalue weighted by atomic mass is 10.1. The largest absolute Gasteiger partial charge is 0.490 e. The van der Waals surface area contributed by atoms with Crippen LogP contribution >= 0.6 is 0 Å². The standard InChI is InChI=1S/C25H29N3O3/c1-17(2)16-28-25(30)21-13-7-6-12-20(21)23(27-28)24(29)26-15-18-9-3-8-14-22(18)31-19-10-4-5-11-19/h3,6-9,12-14,17,19H,4-5,10-11,15-16H2,1-2H3,(H,26,29). The second-order valence-electron chi connectivity index (χ2n) is 8.59. The van der Waals surface area contributed by atoms with Crippen molar-refractivity contribution in [3.05, 3.63) is 70.1 Å². The minimum atomic E-state index is -0.302. The van der Waals surface area contributed by atoms with E-state index in [0.29, 0.717) is 23.9 Å². The number of carbonyl (C=O) groups is 1. The monoisotopic (exact) mass is 419 g/mol. The van der Waals surface area contributed by atoms with Gasteiger partial charge in [-0.25, -0.2) is 4.68 Å². The predicted octanol–water partition coefficient (Wildman–Crippen LogP) is 4.30. The van der Waals surface area contributed by atoms with Crippen LogP contribution in [-0.2, 0) is 13.1 Å². The number of nitrogens with one attached hydrogen (secondary N) is 1. The van der Waals surface area contributed by atoms with Gasteiger partial charge in [0, 0.05) is 24.0 Å². The second-order valence-corrected chi connectivity index (χ2v) is 8.59. The molecule has 1 fully saturated rings. The Hall–Kier alpha value is -3.15. The summed E-state index contributed by atoms with van der Waals surface area (Å²) in [6, 6.07) is 15.0. The molecule has 1 saturated carbocycles. The van der Waals surface area contributed by atoms with Crippen molar-refractivity contribution in [3.63, 3.8) is 0 Å². The first kappa shape index (κ1) is 21.1. The summed E-state index contributed by atoms with van der Waals surface area (Å²) < 4.78 is 7.58. The highest BCUT2D eigenvalue weighted by molar-refractivity contribution is 6.04. The summed E-state index contributed by atoms with van der Waals surface area (Å²) in [5.41, 5.74) is 1.03. The first-order valence-electron chi connectivity index (χ1n) is 11.1. The Balaban J connectivity index is 1.58. The normalized spacial score (nSPS) is 14.3. The maximum Gasteiger partial charge on any atom is 0.274 e. The summed E-state index contributed by atoms with van der Waals surface area (Å²) in [7, 11) is 0. The van der Waals surface area contributed by atoms with Crippen LogP contribution in [0, 0.1) is 5.92 Å². The van der Waals surface area contributed by atoms with Gasteiger partial charge in [0.2, 0.25) is 0 Å². The van der Waals surface area contributed by atoms with Gasteiger partial charge in [0.15, 0.2) is 5.69 Å². The molecule has 6 nitrogen and oxygen atoms in total. The van der Waals surface area contributed by atoms with Crippen LogP contribution in [0.3, 0.4) is 0 Å². The number of rotatable bonds is 7. The maximum atomic E-state index is 13.1. The molecule has 0 aliphatic heterocycles. The highest BCUT2D eigenvalue weighted by Crippen LogP contribution is 2.26. The van der Waals surface area contributed by atoms with Crippen molar-refractivity contribution in [3.8, 4) is 5.75 Å². The molecule has 1 aromatic heterocycles. The number of hydrogen-bond donors (Lipinski definition) is 1. The minimum Gasteiger partial charge on any atom is -0.490 e. The Morgan fingerprint density at radius 2 is 1.77 bits per heavy atom. The van der Waals surface area contributed by atoms with Crippen LogP contribution in [0.5, 0.6) is 5.75 Å². The van der Waals surface area contributed by atoms with Crippen LogP contribution in [0.2, 0.25) is 0 Å². The number of fused-ring (bicyclic) bond motifs is 1. The summed E-state index contributed by atoms with van der Waals surface area (Å²) in [4.78, 5) is 25.9. The lowest BCUT2D eigenvalue weighted by Gasteiger charge is -2.17. The molecule has 1 heterocycles. The number of carbonyl (C=O) groups excluding carboxylic acids is 1. The molecule has 0 unspecified atom stereocenters. The van der Waals surface area contributed by atoms with Crippen molar-refractivity contribution in [2.24, 2.45) is 5.92 Å². The Kier molecular flexibility index (Phi) is 6.35. The number of benzene rings is 2. The molecule has 0 spiro atoms. The van der Waals surface area contributed by atoms with E-state index in [1.165, 1.54) is 17.5 Å². The zero-order valence-electron chi connectivity index (χ0n) is 18.1. The van der Waals surface area contributed by atoms with Gasteiger partial charge in [-0.15, -0.1) is 0 Å². The van der Waals surface area contributed by atoms with E-state index in [1.807, 2.05) is 50.2 Å². The summed E-state index contributed by atoms with van der Waals surface area (Å²) in [5, 5.41) is 8.47. The summed E-state index contributed by atoms with van der Waals surface area (Å²) >= 11 is 0. The second kappa shape index (κ2) is 9.33. The van der Waals surface area contributed by atoms with Gasteiger partial charge in [-0.3, -0.25) is 9.59 Å². The number of aromatic nitrogens is 2. The first-order chi connectivity index (χ1) is 15.0. The number of para-hydroxylation sites is 1. The van der Waals surface area contributed by atoms with Gasteiger partial charge in [-0.2, -0.15) is 5.10 Å². The highest BCUT2D eigenvalue weighted by atomic mass is 16.5. The Morgan fingerprint density at radius 1 is 1.10 bits per heavy atom. The van der Waals surface area contributed by atoms with E-state index in [0.717, 1.165) is 24.2 Å². The van der Waals surface area contributed by atoms with Crippen molar-refractivity contribution in [1.29, 1.82) is 0 Å². The average Bonchev–Trinajstić information content (AvgIpc) is 3.28. The van der Waals surface area contributed by atoms with Crippen LogP contribution in [0.25, 0.3) is 10.8 Å². The lowest BCUT2D eigenvalue weighted by molar-refractivity contribution is 0.0944. The molecule has 6 heteroatoms. The molecule has 162 valence electrons. The third-order valence-electron chi connectivity index (χ3n) is 5.63. The van der Waals surface area contributed by atoms with Crippen LogP contribution < -0.4 is 15.6 Å². The van der Waals surface area contributed by atoms with Gasteiger partial charge in [0.05, 0.1) is 11.5 Å². The van der Waals surface area contributed by atoms with Crippen molar-refractivity contribution >= 4 is 16.7 Å². The van der Waals surface area contributed by atoms with Crippen molar-refractivity contribution in [2.75, 3.05) is 0 Å². The van der Waals surface area contributed by atoms with Crippen molar-refractivity contribution in [2.45, 2.75) is 58.7 Å². The van der Waals surface area contributed by atoms with Crippen LogP contribution in [0.4, 0.5) is 0 Å². The van der Waals surface area contributed by atoms with Gasteiger partial charge >= 0.3 is 0 Å². The predicted molar refractivity (Wildman–Crippen MR) is 121 cm³/mol. The quantitative estimate of drug-likeness (QED) is 0.620. The number of amides is 1. The topological polar surface area (TPSA) is 73.2 Å². The zero-order valence-corrected chi connectivity index (χ0v) is 18.1. The van der Waals surface area contributed by atoms with Gasteiger partial charge in [0.25, 0.3) is 11.5 Å². The van der Waals surface area contributed by atoms with Crippen molar-refractivity contribution < 1.29 is 9.53 Å². The molecule has 3 aromatic rings. The van der Waals surface area contributed by atoms with E-state index in [4.69, 9.17) is 4.74 Å².